The largest absolute Gasteiger partial charge is 0.467 e. The van der Waals surface area contributed by atoms with Crippen LogP contribution in [-0.4, -0.2) is 42.0 Å². The van der Waals surface area contributed by atoms with E-state index in [0.29, 0.717) is 17.0 Å². The van der Waals surface area contributed by atoms with Crippen LogP contribution >= 0.6 is 23.1 Å². The van der Waals surface area contributed by atoms with Gasteiger partial charge < -0.3 is 10.1 Å². The quantitative estimate of drug-likeness (QED) is 0.765. The molecule has 128 valence electrons. The predicted octanol–water partition coefficient (Wildman–Crippen LogP) is 3.14. The molecule has 2 rings (SSSR count). The average molecular weight is 364 g/mol. The van der Waals surface area contributed by atoms with Crippen LogP contribution in [-0.2, 0) is 9.53 Å². The van der Waals surface area contributed by atoms with Crippen molar-refractivity contribution < 1.29 is 14.3 Å². The Morgan fingerprint density at radius 3 is 2.67 bits per heavy atom. The molecule has 24 heavy (non-hydrogen) atoms. The Bertz CT molecular complexity index is 701. The van der Waals surface area contributed by atoms with Gasteiger partial charge in [-0.2, -0.15) is 11.8 Å². The molecule has 1 heterocycles. The topological polar surface area (TPSA) is 68.3 Å². The lowest BCUT2D eigenvalue weighted by Crippen LogP contribution is -2.41. The minimum Gasteiger partial charge on any atom is -0.467 e. The summed E-state index contributed by atoms with van der Waals surface area (Å²) in [5, 5.41) is 3.59. The summed E-state index contributed by atoms with van der Waals surface area (Å²) in [6, 6.07) is 8.90. The van der Waals surface area contributed by atoms with Crippen LogP contribution in [0.1, 0.15) is 21.1 Å². The number of methoxy groups -OCH3 is 1. The van der Waals surface area contributed by atoms with Crippen LogP contribution in [0.5, 0.6) is 0 Å². The lowest BCUT2D eigenvalue weighted by Gasteiger charge is -2.15. The van der Waals surface area contributed by atoms with Crippen LogP contribution in [0.25, 0.3) is 11.3 Å². The summed E-state index contributed by atoms with van der Waals surface area (Å²) in [4.78, 5) is 29.6. The number of aryl methyl sites for hydroxylation is 1. The molecule has 0 bridgehead atoms. The number of amides is 1. The van der Waals surface area contributed by atoms with Gasteiger partial charge in [-0.25, -0.2) is 9.78 Å². The molecule has 0 aliphatic carbocycles. The molecule has 1 atom stereocenters. The van der Waals surface area contributed by atoms with E-state index in [1.54, 1.807) is 11.8 Å². The van der Waals surface area contributed by atoms with Crippen molar-refractivity contribution in [2.75, 3.05) is 19.1 Å². The number of aromatic nitrogens is 1. The molecule has 0 radical (unpaired) electrons. The fourth-order valence-corrected chi connectivity index (χ4v) is 3.54. The van der Waals surface area contributed by atoms with Crippen LogP contribution in [0.4, 0.5) is 0 Å². The maximum atomic E-state index is 12.7. The van der Waals surface area contributed by atoms with Gasteiger partial charge in [0.25, 0.3) is 5.91 Å². The van der Waals surface area contributed by atoms with Crippen molar-refractivity contribution in [3.05, 3.63) is 40.2 Å². The van der Waals surface area contributed by atoms with Crippen LogP contribution in [0, 0.1) is 6.92 Å². The molecule has 0 saturated heterocycles. The number of hydrogen-bond donors (Lipinski definition) is 1. The Labute approximate surface area is 149 Å². The fourth-order valence-electron chi connectivity index (χ4n) is 2.22. The molecule has 1 N–H and O–H groups in total. The highest BCUT2D eigenvalue weighted by Crippen LogP contribution is 2.28. The van der Waals surface area contributed by atoms with E-state index in [0.717, 1.165) is 16.3 Å². The highest BCUT2D eigenvalue weighted by molar-refractivity contribution is 7.98. The van der Waals surface area contributed by atoms with Crippen molar-refractivity contribution in [1.29, 1.82) is 0 Å². The Hall–Kier alpha value is -1.86. The number of nitrogens with one attached hydrogen (secondary N) is 1. The summed E-state index contributed by atoms with van der Waals surface area (Å²) in [5.41, 5.74) is 1.52. The normalized spacial score (nSPS) is 11.8. The van der Waals surface area contributed by atoms with E-state index in [1.165, 1.54) is 18.4 Å². The van der Waals surface area contributed by atoms with Gasteiger partial charge in [0.15, 0.2) is 0 Å². The summed E-state index contributed by atoms with van der Waals surface area (Å²) < 4.78 is 4.79. The van der Waals surface area contributed by atoms with E-state index in [2.05, 4.69) is 10.3 Å². The number of esters is 1. The van der Waals surface area contributed by atoms with Crippen molar-refractivity contribution >= 4 is 35.0 Å². The highest BCUT2D eigenvalue weighted by Gasteiger charge is 2.25. The minimum atomic E-state index is -0.652. The van der Waals surface area contributed by atoms with Crippen molar-refractivity contribution in [1.82, 2.24) is 10.3 Å². The third-order valence-electron chi connectivity index (χ3n) is 3.39. The summed E-state index contributed by atoms with van der Waals surface area (Å²) in [7, 11) is 1.33. The predicted molar refractivity (Wildman–Crippen MR) is 98.6 cm³/mol. The van der Waals surface area contributed by atoms with Crippen LogP contribution in [0.15, 0.2) is 30.3 Å². The molecule has 1 aromatic carbocycles. The summed E-state index contributed by atoms with van der Waals surface area (Å²) in [6.07, 6.45) is 2.48. The summed E-state index contributed by atoms with van der Waals surface area (Å²) >= 11 is 2.94. The number of benzene rings is 1. The average Bonchev–Trinajstić information content (AvgIpc) is 3.00. The molecule has 0 aliphatic heterocycles. The van der Waals surface area contributed by atoms with Gasteiger partial charge in [0.05, 0.1) is 17.8 Å². The maximum absolute atomic E-state index is 12.7. The molecule has 0 aliphatic rings. The van der Waals surface area contributed by atoms with E-state index in [1.807, 2.05) is 43.5 Å². The number of hydrogen-bond acceptors (Lipinski definition) is 6. The van der Waals surface area contributed by atoms with E-state index < -0.39 is 12.0 Å². The number of carbonyl (C=O) groups excluding carboxylic acids is 2. The third kappa shape index (κ3) is 4.58. The van der Waals surface area contributed by atoms with Crippen molar-refractivity contribution in [2.24, 2.45) is 0 Å². The van der Waals surface area contributed by atoms with E-state index in [9.17, 15) is 9.59 Å². The maximum Gasteiger partial charge on any atom is 0.328 e. The smallest absolute Gasteiger partial charge is 0.328 e. The molecule has 1 amide bonds. The highest BCUT2D eigenvalue weighted by atomic mass is 32.2. The molecule has 0 spiro atoms. The second-order valence-electron chi connectivity index (χ2n) is 5.11. The fraction of sp³-hybridized carbons (Fsp3) is 0.353. The molecule has 7 heteroatoms. The van der Waals surface area contributed by atoms with Gasteiger partial charge in [0, 0.05) is 5.56 Å². The summed E-state index contributed by atoms with van der Waals surface area (Å²) in [5.74, 6) is 0.0312. The zero-order valence-corrected chi connectivity index (χ0v) is 15.5. The van der Waals surface area contributed by atoms with E-state index in [4.69, 9.17) is 4.74 Å². The first-order chi connectivity index (χ1) is 11.6. The zero-order chi connectivity index (χ0) is 17.5. The van der Waals surface area contributed by atoms with Crippen molar-refractivity contribution in [3.63, 3.8) is 0 Å². The molecule has 1 aromatic heterocycles. The van der Waals surface area contributed by atoms with E-state index in [-0.39, 0.29) is 5.91 Å². The number of ether oxygens (including phenoxy) is 1. The molecule has 0 unspecified atom stereocenters. The van der Waals surface area contributed by atoms with E-state index >= 15 is 0 Å². The number of nitrogens with zero attached hydrogens (tertiary/aromatic N) is 1. The molecular formula is C17H20N2O3S2. The van der Waals surface area contributed by atoms with Crippen molar-refractivity contribution in [2.45, 2.75) is 19.4 Å². The Morgan fingerprint density at radius 2 is 2.04 bits per heavy atom. The van der Waals surface area contributed by atoms with Crippen LogP contribution in [0.3, 0.4) is 0 Å². The first-order valence-corrected chi connectivity index (χ1v) is 9.68. The second kappa shape index (κ2) is 8.84. The standard InChI is InChI=1S/C17H20N2O3S2/c1-11-18-14(12-7-5-4-6-8-12)15(24-11)16(20)19-13(9-10-23-3)17(21)22-2/h4-8,13H,9-10H2,1-3H3,(H,19,20)/t13-/m0/s1. The molecule has 0 saturated carbocycles. The monoisotopic (exact) mass is 364 g/mol. The molecular weight excluding hydrogens is 344 g/mol. The van der Waals surface area contributed by atoms with Gasteiger partial charge in [-0.15, -0.1) is 11.3 Å². The Morgan fingerprint density at radius 1 is 1.33 bits per heavy atom. The van der Waals surface area contributed by atoms with Gasteiger partial charge in [-0.05, 0) is 25.4 Å². The van der Waals surface area contributed by atoms with Crippen LogP contribution < -0.4 is 5.32 Å². The number of carbonyl (C=O) groups is 2. The van der Waals surface area contributed by atoms with Gasteiger partial charge in [-0.3, -0.25) is 4.79 Å². The lowest BCUT2D eigenvalue weighted by atomic mass is 10.1. The first-order valence-electron chi connectivity index (χ1n) is 7.47. The van der Waals surface area contributed by atoms with Gasteiger partial charge >= 0.3 is 5.97 Å². The third-order valence-corrected chi connectivity index (χ3v) is 5.00. The Balaban J connectivity index is 2.24. The second-order valence-corrected chi connectivity index (χ2v) is 7.30. The van der Waals surface area contributed by atoms with Gasteiger partial charge in [0.1, 0.15) is 10.9 Å². The SMILES string of the molecule is COC(=O)[C@H](CCSC)NC(=O)c1sc(C)nc1-c1ccccc1. The van der Waals surface area contributed by atoms with Gasteiger partial charge in [0.2, 0.25) is 0 Å². The minimum absolute atomic E-state index is 0.295. The number of thioether (sulfide) groups is 1. The Kier molecular flexibility index (Phi) is 6.81. The van der Waals surface area contributed by atoms with Crippen molar-refractivity contribution in [3.8, 4) is 11.3 Å². The zero-order valence-electron chi connectivity index (χ0n) is 13.9. The number of rotatable bonds is 7. The molecule has 5 nitrogen and oxygen atoms in total. The van der Waals surface area contributed by atoms with Crippen LogP contribution in [0.2, 0.25) is 0 Å². The summed E-state index contributed by atoms with van der Waals surface area (Å²) in [6.45, 7) is 1.86. The lowest BCUT2D eigenvalue weighted by molar-refractivity contribution is -0.142. The number of thiazole rings is 1. The van der Waals surface area contributed by atoms with Gasteiger partial charge in [-0.1, -0.05) is 30.3 Å². The first kappa shape index (κ1) is 18.5. The molecule has 2 aromatic rings. The molecule has 0 fully saturated rings.